The van der Waals surface area contributed by atoms with Crippen LogP contribution in [0.5, 0.6) is 11.5 Å². The van der Waals surface area contributed by atoms with E-state index in [1.807, 2.05) is 6.07 Å². The van der Waals surface area contributed by atoms with Gasteiger partial charge in [-0.3, -0.25) is 4.79 Å². The standard InChI is InChI=1S/C19H18O5/c1-3-17(19(22)23-4-2)24-14-10-11-15(16(20)12-14)18(21)13-8-6-5-7-9-13/h3,5-12,20H,4H2,1-2H3. The molecule has 0 atom stereocenters. The number of phenolic OH excluding ortho intramolecular Hbond substituents is 1. The minimum Gasteiger partial charge on any atom is -0.507 e. The van der Waals surface area contributed by atoms with Crippen LogP contribution in [0.2, 0.25) is 0 Å². The van der Waals surface area contributed by atoms with Crippen LogP contribution >= 0.6 is 0 Å². The van der Waals surface area contributed by atoms with Gasteiger partial charge in [0.25, 0.3) is 0 Å². The fraction of sp³-hybridized carbons (Fsp3) is 0.158. The average Bonchev–Trinajstić information content (AvgIpc) is 2.60. The van der Waals surface area contributed by atoms with Crippen LogP contribution in [0, 0.1) is 0 Å². The van der Waals surface area contributed by atoms with Gasteiger partial charge in [-0.1, -0.05) is 30.3 Å². The summed E-state index contributed by atoms with van der Waals surface area (Å²) in [5.41, 5.74) is 0.633. The molecule has 1 N–H and O–H groups in total. The summed E-state index contributed by atoms with van der Waals surface area (Å²) in [5, 5.41) is 10.1. The van der Waals surface area contributed by atoms with E-state index in [2.05, 4.69) is 0 Å². The van der Waals surface area contributed by atoms with Crippen molar-refractivity contribution in [2.45, 2.75) is 13.8 Å². The molecule has 2 aromatic carbocycles. The molecule has 0 aromatic heterocycles. The molecule has 0 heterocycles. The third-order valence-electron chi connectivity index (χ3n) is 3.22. The van der Waals surface area contributed by atoms with Crippen molar-refractivity contribution >= 4 is 11.8 Å². The van der Waals surface area contributed by atoms with E-state index in [-0.39, 0.29) is 35.2 Å². The Kier molecular flexibility index (Phi) is 5.73. The highest BCUT2D eigenvalue weighted by atomic mass is 16.6. The first kappa shape index (κ1) is 17.3. The van der Waals surface area contributed by atoms with Crippen molar-refractivity contribution in [2.24, 2.45) is 0 Å². The number of carbonyl (C=O) groups is 2. The molecular weight excluding hydrogens is 308 g/mol. The van der Waals surface area contributed by atoms with Crippen molar-refractivity contribution < 1.29 is 24.2 Å². The van der Waals surface area contributed by atoms with Crippen LogP contribution in [0.3, 0.4) is 0 Å². The number of allylic oxidation sites excluding steroid dienone is 1. The molecule has 2 aromatic rings. The van der Waals surface area contributed by atoms with Gasteiger partial charge in [0.15, 0.2) is 5.78 Å². The van der Waals surface area contributed by atoms with Crippen molar-refractivity contribution in [2.75, 3.05) is 6.61 Å². The van der Waals surface area contributed by atoms with Gasteiger partial charge in [-0.25, -0.2) is 4.79 Å². The normalized spacial score (nSPS) is 11.0. The Balaban J connectivity index is 2.21. The Morgan fingerprint density at radius 1 is 1.12 bits per heavy atom. The van der Waals surface area contributed by atoms with Crippen LogP contribution in [0.15, 0.2) is 60.4 Å². The Labute approximate surface area is 140 Å². The maximum atomic E-state index is 12.4. The Hall–Kier alpha value is -3.08. The lowest BCUT2D eigenvalue weighted by Crippen LogP contribution is -2.12. The van der Waals surface area contributed by atoms with Crippen molar-refractivity contribution in [1.29, 1.82) is 0 Å². The predicted octanol–water partition coefficient (Wildman–Crippen LogP) is 3.47. The molecule has 0 aliphatic heterocycles. The lowest BCUT2D eigenvalue weighted by atomic mass is 10.0. The number of rotatable bonds is 6. The predicted molar refractivity (Wildman–Crippen MR) is 89.0 cm³/mol. The molecule has 5 nitrogen and oxygen atoms in total. The molecule has 0 aliphatic rings. The zero-order chi connectivity index (χ0) is 17.5. The molecule has 0 spiro atoms. The fourth-order valence-electron chi connectivity index (χ4n) is 2.06. The molecule has 24 heavy (non-hydrogen) atoms. The minimum absolute atomic E-state index is 0.0124. The summed E-state index contributed by atoms with van der Waals surface area (Å²) in [5.74, 6) is -0.863. The fourth-order valence-corrected chi connectivity index (χ4v) is 2.06. The topological polar surface area (TPSA) is 72.8 Å². The first-order chi connectivity index (χ1) is 11.6. The highest BCUT2D eigenvalue weighted by Crippen LogP contribution is 2.27. The van der Waals surface area contributed by atoms with Crippen LogP contribution in [0.25, 0.3) is 0 Å². The van der Waals surface area contributed by atoms with Crippen LogP contribution in [-0.2, 0) is 9.53 Å². The number of ketones is 1. The second-order valence-corrected chi connectivity index (χ2v) is 4.85. The Morgan fingerprint density at radius 3 is 2.42 bits per heavy atom. The Morgan fingerprint density at radius 2 is 1.83 bits per heavy atom. The number of carbonyl (C=O) groups excluding carboxylic acids is 2. The first-order valence-corrected chi connectivity index (χ1v) is 7.50. The van der Waals surface area contributed by atoms with E-state index in [0.717, 1.165) is 0 Å². The number of ether oxygens (including phenoxy) is 2. The molecule has 0 saturated heterocycles. The van der Waals surface area contributed by atoms with Gasteiger partial charge in [0.05, 0.1) is 12.2 Å². The summed E-state index contributed by atoms with van der Waals surface area (Å²) in [6, 6.07) is 12.9. The molecule has 0 unspecified atom stereocenters. The van der Waals surface area contributed by atoms with Crippen LogP contribution in [0.4, 0.5) is 0 Å². The molecule has 0 saturated carbocycles. The zero-order valence-corrected chi connectivity index (χ0v) is 13.5. The minimum atomic E-state index is -0.594. The van der Waals surface area contributed by atoms with Crippen molar-refractivity contribution in [3.05, 3.63) is 71.5 Å². The molecular formula is C19H18O5. The first-order valence-electron chi connectivity index (χ1n) is 7.50. The second-order valence-electron chi connectivity index (χ2n) is 4.85. The van der Waals surface area contributed by atoms with Crippen molar-refractivity contribution in [1.82, 2.24) is 0 Å². The maximum Gasteiger partial charge on any atom is 0.373 e. The largest absolute Gasteiger partial charge is 0.507 e. The highest BCUT2D eigenvalue weighted by molar-refractivity contribution is 6.10. The van der Waals surface area contributed by atoms with Gasteiger partial charge in [0.2, 0.25) is 5.76 Å². The lowest BCUT2D eigenvalue weighted by molar-refractivity contribution is -0.141. The van der Waals surface area contributed by atoms with Gasteiger partial charge in [-0.2, -0.15) is 0 Å². The van der Waals surface area contributed by atoms with E-state index in [1.54, 1.807) is 38.1 Å². The number of benzene rings is 2. The van der Waals surface area contributed by atoms with Gasteiger partial charge >= 0.3 is 5.97 Å². The maximum absolute atomic E-state index is 12.4. The van der Waals surface area contributed by atoms with Gasteiger partial charge < -0.3 is 14.6 Å². The number of esters is 1. The number of hydrogen-bond donors (Lipinski definition) is 1. The number of aromatic hydroxyl groups is 1. The Bertz CT molecular complexity index is 763. The van der Waals surface area contributed by atoms with Gasteiger partial charge in [0.1, 0.15) is 11.5 Å². The molecule has 2 rings (SSSR count). The quantitative estimate of drug-likeness (QED) is 0.381. The molecule has 0 aliphatic carbocycles. The van der Waals surface area contributed by atoms with E-state index in [1.165, 1.54) is 24.3 Å². The van der Waals surface area contributed by atoms with E-state index in [9.17, 15) is 14.7 Å². The van der Waals surface area contributed by atoms with Gasteiger partial charge in [-0.05, 0) is 32.1 Å². The third-order valence-corrected chi connectivity index (χ3v) is 3.22. The van der Waals surface area contributed by atoms with Gasteiger partial charge in [-0.15, -0.1) is 0 Å². The lowest BCUT2D eigenvalue weighted by Gasteiger charge is -2.10. The van der Waals surface area contributed by atoms with Crippen LogP contribution in [0.1, 0.15) is 29.8 Å². The summed E-state index contributed by atoms with van der Waals surface area (Å²) < 4.78 is 10.3. The summed E-state index contributed by atoms with van der Waals surface area (Å²) in [7, 11) is 0. The summed E-state index contributed by atoms with van der Waals surface area (Å²) in [6.07, 6.45) is 1.47. The van der Waals surface area contributed by atoms with Crippen molar-refractivity contribution in [3.8, 4) is 11.5 Å². The molecule has 5 heteroatoms. The molecule has 124 valence electrons. The average molecular weight is 326 g/mol. The monoisotopic (exact) mass is 326 g/mol. The van der Waals surface area contributed by atoms with E-state index < -0.39 is 5.97 Å². The van der Waals surface area contributed by atoms with E-state index >= 15 is 0 Å². The third kappa shape index (κ3) is 4.01. The van der Waals surface area contributed by atoms with Crippen molar-refractivity contribution in [3.63, 3.8) is 0 Å². The number of phenols is 1. The highest BCUT2D eigenvalue weighted by Gasteiger charge is 2.16. The van der Waals surface area contributed by atoms with E-state index in [4.69, 9.17) is 9.47 Å². The summed E-state index contributed by atoms with van der Waals surface area (Å²) in [4.78, 5) is 24.1. The van der Waals surface area contributed by atoms with Crippen LogP contribution < -0.4 is 4.74 Å². The molecule has 0 amide bonds. The van der Waals surface area contributed by atoms with E-state index in [0.29, 0.717) is 5.56 Å². The zero-order valence-electron chi connectivity index (χ0n) is 13.5. The van der Waals surface area contributed by atoms with Crippen LogP contribution in [-0.4, -0.2) is 23.5 Å². The molecule has 0 fully saturated rings. The number of hydrogen-bond acceptors (Lipinski definition) is 5. The smallest absolute Gasteiger partial charge is 0.373 e. The SMILES string of the molecule is CC=C(Oc1ccc(C(=O)c2ccccc2)c(O)c1)C(=O)OCC. The molecule has 0 bridgehead atoms. The summed E-state index contributed by atoms with van der Waals surface area (Å²) >= 11 is 0. The summed E-state index contributed by atoms with van der Waals surface area (Å²) in [6.45, 7) is 3.57. The second kappa shape index (κ2) is 7.97. The van der Waals surface area contributed by atoms with Gasteiger partial charge in [0, 0.05) is 11.6 Å². The molecule has 0 radical (unpaired) electrons.